The molecule has 15 heavy (non-hydrogen) atoms. The van der Waals surface area contributed by atoms with Crippen molar-refractivity contribution in [1.82, 2.24) is 0 Å². The Balaban J connectivity index is 2.63. The van der Waals surface area contributed by atoms with Crippen LogP contribution in [-0.2, 0) is 6.42 Å². The van der Waals surface area contributed by atoms with E-state index in [2.05, 4.69) is 45.9 Å². The molecule has 1 aromatic rings. The highest BCUT2D eigenvalue weighted by Gasteiger charge is 2.15. The van der Waals surface area contributed by atoms with E-state index in [1.165, 1.54) is 35.1 Å². The molecule has 80 valence electrons. The Morgan fingerprint density at radius 2 is 1.80 bits per heavy atom. The zero-order valence-corrected chi connectivity index (χ0v) is 10.2. The molecule has 0 aliphatic heterocycles. The molecule has 0 heterocycles. The molecule has 0 atom stereocenters. The smallest absolute Gasteiger partial charge is 0.0188 e. The van der Waals surface area contributed by atoms with Crippen LogP contribution < -0.4 is 0 Å². The molecular weight excluding hydrogens is 180 g/mol. The molecular formula is C15H20. The Hall–Kier alpha value is -1.04. The van der Waals surface area contributed by atoms with Gasteiger partial charge in [-0.2, -0.15) is 0 Å². The third-order valence-electron chi connectivity index (χ3n) is 3.41. The zero-order chi connectivity index (χ0) is 11.0. The highest BCUT2D eigenvalue weighted by atomic mass is 14.2. The first-order valence-corrected chi connectivity index (χ1v) is 5.89. The van der Waals surface area contributed by atoms with Gasteiger partial charge >= 0.3 is 0 Å². The predicted octanol–water partition coefficient (Wildman–Crippen LogP) is 4.47. The summed E-state index contributed by atoms with van der Waals surface area (Å²) in [6, 6.07) is 4.58. The van der Waals surface area contributed by atoms with Crippen LogP contribution in [0.15, 0.2) is 17.7 Å². The molecule has 0 N–H and O–H groups in total. The van der Waals surface area contributed by atoms with Crippen LogP contribution in [0.1, 0.15) is 55.4 Å². The van der Waals surface area contributed by atoms with Crippen LogP contribution in [0, 0.1) is 6.92 Å². The molecule has 0 aromatic heterocycles. The highest BCUT2D eigenvalue weighted by Crippen LogP contribution is 2.32. The zero-order valence-electron chi connectivity index (χ0n) is 10.2. The summed E-state index contributed by atoms with van der Waals surface area (Å²) in [5.74, 6) is 0.626. The fourth-order valence-corrected chi connectivity index (χ4v) is 2.44. The van der Waals surface area contributed by atoms with Crippen molar-refractivity contribution < 1.29 is 0 Å². The maximum Gasteiger partial charge on any atom is -0.0188 e. The number of benzene rings is 1. The van der Waals surface area contributed by atoms with Crippen molar-refractivity contribution in [1.29, 1.82) is 0 Å². The van der Waals surface area contributed by atoms with Gasteiger partial charge in [0.05, 0.1) is 0 Å². The number of fused-ring (bicyclic) bond motifs is 1. The first-order valence-electron chi connectivity index (χ1n) is 5.89. The summed E-state index contributed by atoms with van der Waals surface area (Å²) in [7, 11) is 0. The van der Waals surface area contributed by atoms with Gasteiger partial charge in [0, 0.05) is 0 Å². The third kappa shape index (κ3) is 1.86. The monoisotopic (exact) mass is 200 g/mol. The van der Waals surface area contributed by atoms with E-state index in [9.17, 15) is 0 Å². The van der Waals surface area contributed by atoms with Crippen LogP contribution in [0.4, 0.5) is 0 Å². The van der Waals surface area contributed by atoms with Gasteiger partial charge in [0.1, 0.15) is 0 Å². The Labute approximate surface area is 93.0 Å². The quantitative estimate of drug-likeness (QED) is 0.627. The van der Waals surface area contributed by atoms with Crippen molar-refractivity contribution in [2.75, 3.05) is 0 Å². The molecule has 0 spiro atoms. The number of aryl methyl sites for hydroxylation is 1. The Morgan fingerprint density at radius 3 is 2.47 bits per heavy atom. The Morgan fingerprint density at radius 1 is 1.07 bits per heavy atom. The first-order chi connectivity index (χ1) is 7.09. The number of hydrogen-bond acceptors (Lipinski definition) is 0. The average molecular weight is 200 g/mol. The van der Waals surface area contributed by atoms with Crippen molar-refractivity contribution in [2.24, 2.45) is 0 Å². The van der Waals surface area contributed by atoms with Crippen molar-refractivity contribution in [3.8, 4) is 0 Å². The first kappa shape index (κ1) is 10.5. The van der Waals surface area contributed by atoms with Crippen LogP contribution in [0.3, 0.4) is 0 Å². The SMILES string of the molecule is CC1=Cc2c(C(C)C)ccc(C)c2CC1. The van der Waals surface area contributed by atoms with Crippen molar-refractivity contribution in [2.45, 2.75) is 46.5 Å². The van der Waals surface area contributed by atoms with Crippen LogP contribution in [-0.4, -0.2) is 0 Å². The van der Waals surface area contributed by atoms with E-state index in [4.69, 9.17) is 0 Å². The van der Waals surface area contributed by atoms with Crippen molar-refractivity contribution >= 4 is 6.08 Å². The maximum atomic E-state index is 2.39. The lowest BCUT2D eigenvalue weighted by atomic mass is 9.84. The summed E-state index contributed by atoms with van der Waals surface area (Å²) in [5, 5.41) is 0. The summed E-state index contributed by atoms with van der Waals surface area (Å²) in [6.45, 7) is 9.04. The molecule has 0 amide bonds. The molecule has 1 aromatic carbocycles. The molecule has 0 unspecified atom stereocenters. The number of hydrogen-bond donors (Lipinski definition) is 0. The maximum absolute atomic E-state index is 2.39. The molecule has 0 saturated carbocycles. The van der Waals surface area contributed by atoms with Gasteiger partial charge in [-0.3, -0.25) is 0 Å². The molecule has 0 fully saturated rings. The molecule has 2 rings (SSSR count). The molecule has 0 saturated heterocycles. The lowest BCUT2D eigenvalue weighted by Gasteiger charge is -2.21. The largest absolute Gasteiger partial charge is 0.0724 e. The van der Waals surface area contributed by atoms with Gasteiger partial charge in [-0.15, -0.1) is 0 Å². The van der Waals surface area contributed by atoms with Crippen molar-refractivity contribution in [3.63, 3.8) is 0 Å². The second-order valence-electron chi connectivity index (χ2n) is 5.01. The van der Waals surface area contributed by atoms with Gasteiger partial charge in [0.2, 0.25) is 0 Å². The lowest BCUT2D eigenvalue weighted by Crippen LogP contribution is -2.05. The molecule has 0 heteroatoms. The Bertz CT molecular complexity index is 408. The van der Waals surface area contributed by atoms with Gasteiger partial charge in [0.25, 0.3) is 0 Å². The molecule has 1 aliphatic carbocycles. The van der Waals surface area contributed by atoms with E-state index < -0.39 is 0 Å². The van der Waals surface area contributed by atoms with E-state index in [0.717, 1.165) is 0 Å². The minimum absolute atomic E-state index is 0.626. The van der Waals surface area contributed by atoms with E-state index in [1.54, 1.807) is 5.56 Å². The summed E-state index contributed by atoms with van der Waals surface area (Å²) in [5.41, 5.74) is 7.57. The van der Waals surface area contributed by atoms with Crippen LogP contribution >= 0.6 is 0 Å². The van der Waals surface area contributed by atoms with Crippen LogP contribution in [0.2, 0.25) is 0 Å². The molecule has 0 radical (unpaired) electrons. The van der Waals surface area contributed by atoms with Gasteiger partial charge < -0.3 is 0 Å². The van der Waals surface area contributed by atoms with E-state index in [0.29, 0.717) is 5.92 Å². The second kappa shape index (κ2) is 3.84. The van der Waals surface area contributed by atoms with Crippen molar-refractivity contribution in [3.05, 3.63) is 40.0 Å². The Kier molecular flexibility index (Phi) is 2.68. The summed E-state index contributed by atoms with van der Waals surface area (Å²) >= 11 is 0. The molecule has 0 bridgehead atoms. The van der Waals surface area contributed by atoms with Gasteiger partial charge in [0.15, 0.2) is 0 Å². The number of rotatable bonds is 1. The predicted molar refractivity (Wildman–Crippen MR) is 67.2 cm³/mol. The highest BCUT2D eigenvalue weighted by molar-refractivity contribution is 5.65. The molecule has 1 aliphatic rings. The van der Waals surface area contributed by atoms with Crippen LogP contribution in [0.25, 0.3) is 6.08 Å². The normalized spacial score (nSPS) is 15.1. The average Bonchev–Trinajstić information content (AvgIpc) is 2.17. The van der Waals surface area contributed by atoms with Gasteiger partial charge in [-0.1, -0.05) is 37.6 Å². The number of allylic oxidation sites excluding steroid dienone is 1. The van der Waals surface area contributed by atoms with E-state index in [-0.39, 0.29) is 0 Å². The fraction of sp³-hybridized carbons (Fsp3) is 0.467. The fourth-order valence-electron chi connectivity index (χ4n) is 2.44. The van der Waals surface area contributed by atoms with Gasteiger partial charge in [-0.05, 0) is 54.9 Å². The van der Waals surface area contributed by atoms with E-state index >= 15 is 0 Å². The molecule has 0 nitrogen and oxygen atoms in total. The summed E-state index contributed by atoms with van der Waals surface area (Å²) < 4.78 is 0. The second-order valence-corrected chi connectivity index (χ2v) is 5.01. The lowest BCUT2D eigenvalue weighted by molar-refractivity contribution is 0.842. The third-order valence-corrected chi connectivity index (χ3v) is 3.41. The topological polar surface area (TPSA) is 0 Å². The van der Waals surface area contributed by atoms with Crippen LogP contribution in [0.5, 0.6) is 0 Å². The summed E-state index contributed by atoms with van der Waals surface area (Å²) in [6.07, 6.45) is 4.85. The van der Waals surface area contributed by atoms with E-state index in [1.807, 2.05) is 0 Å². The van der Waals surface area contributed by atoms with Gasteiger partial charge in [-0.25, -0.2) is 0 Å². The standard InChI is InChI=1S/C15H20/c1-10(2)13-8-6-12(4)14-7-5-11(3)9-15(13)14/h6,8-10H,5,7H2,1-4H3. The minimum atomic E-state index is 0.626. The minimum Gasteiger partial charge on any atom is -0.0724 e. The summed E-state index contributed by atoms with van der Waals surface area (Å²) in [4.78, 5) is 0.